The molecule has 7 heteroatoms. The lowest BCUT2D eigenvalue weighted by atomic mass is 10.1. The van der Waals surface area contributed by atoms with Gasteiger partial charge < -0.3 is 15.0 Å². The zero-order chi connectivity index (χ0) is 16.1. The van der Waals surface area contributed by atoms with Gasteiger partial charge in [-0.2, -0.15) is 0 Å². The number of carbonyl (C=O) groups excluding carboxylic acids is 1. The van der Waals surface area contributed by atoms with Crippen LogP contribution in [0.3, 0.4) is 0 Å². The SMILES string of the molecule is CC(C)CNC(=O)c1ccc(N2CCOCC2)c([N+](=O)[O-])c1. The van der Waals surface area contributed by atoms with E-state index < -0.39 is 4.92 Å². The Labute approximate surface area is 129 Å². The van der Waals surface area contributed by atoms with Crippen LogP contribution < -0.4 is 10.2 Å². The van der Waals surface area contributed by atoms with Crippen LogP contribution in [0, 0.1) is 16.0 Å². The van der Waals surface area contributed by atoms with Crippen molar-refractivity contribution in [3.8, 4) is 0 Å². The van der Waals surface area contributed by atoms with Crippen molar-refractivity contribution in [2.24, 2.45) is 5.92 Å². The Morgan fingerprint density at radius 3 is 2.68 bits per heavy atom. The van der Waals surface area contributed by atoms with Gasteiger partial charge in [0.05, 0.1) is 18.1 Å². The van der Waals surface area contributed by atoms with E-state index in [1.807, 2.05) is 18.7 Å². The molecule has 1 aromatic carbocycles. The van der Waals surface area contributed by atoms with E-state index >= 15 is 0 Å². The van der Waals surface area contributed by atoms with Gasteiger partial charge in [-0.15, -0.1) is 0 Å². The number of nitrogens with one attached hydrogen (secondary N) is 1. The average molecular weight is 307 g/mol. The predicted octanol–water partition coefficient (Wildman–Crippen LogP) is 1.82. The van der Waals surface area contributed by atoms with Gasteiger partial charge in [0.15, 0.2) is 0 Å². The summed E-state index contributed by atoms with van der Waals surface area (Å²) in [6, 6.07) is 4.63. The van der Waals surface area contributed by atoms with Gasteiger partial charge in [0, 0.05) is 31.3 Å². The molecule has 1 aromatic rings. The van der Waals surface area contributed by atoms with Crippen molar-refractivity contribution in [3.05, 3.63) is 33.9 Å². The van der Waals surface area contributed by atoms with Crippen molar-refractivity contribution in [2.45, 2.75) is 13.8 Å². The zero-order valence-corrected chi connectivity index (χ0v) is 12.9. The molecule has 7 nitrogen and oxygen atoms in total. The summed E-state index contributed by atoms with van der Waals surface area (Å²) in [5.74, 6) is 0.0388. The summed E-state index contributed by atoms with van der Waals surface area (Å²) in [6.07, 6.45) is 0. The highest BCUT2D eigenvalue weighted by Gasteiger charge is 2.23. The first kappa shape index (κ1) is 16.2. The van der Waals surface area contributed by atoms with E-state index in [9.17, 15) is 14.9 Å². The molecule has 0 aliphatic carbocycles. The highest BCUT2D eigenvalue weighted by Crippen LogP contribution is 2.29. The molecule has 0 saturated carbocycles. The Kier molecular flexibility index (Phi) is 5.32. The van der Waals surface area contributed by atoms with Gasteiger partial charge in [0.1, 0.15) is 5.69 Å². The van der Waals surface area contributed by atoms with Gasteiger partial charge in [-0.3, -0.25) is 14.9 Å². The molecule has 1 heterocycles. The predicted molar refractivity (Wildman–Crippen MR) is 83.3 cm³/mol. The fourth-order valence-corrected chi connectivity index (χ4v) is 2.28. The highest BCUT2D eigenvalue weighted by atomic mass is 16.6. The lowest BCUT2D eigenvalue weighted by Gasteiger charge is -2.28. The van der Waals surface area contributed by atoms with Gasteiger partial charge in [-0.05, 0) is 18.1 Å². The summed E-state index contributed by atoms with van der Waals surface area (Å²) >= 11 is 0. The molecule has 1 aliphatic heterocycles. The van der Waals surface area contributed by atoms with E-state index in [1.165, 1.54) is 6.07 Å². The summed E-state index contributed by atoms with van der Waals surface area (Å²) in [4.78, 5) is 24.8. The second-order valence-corrected chi connectivity index (χ2v) is 5.66. The van der Waals surface area contributed by atoms with Gasteiger partial charge >= 0.3 is 0 Å². The Balaban J connectivity index is 2.22. The van der Waals surface area contributed by atoms with Gasteiger partial charge in [0.25, 0.3) is 11.6 Å². The molecule has 0 spiro atoms. The smallest absolute Gasteiger partial charge is 0.293 e. The standard InChI is InChI=1S/C15H21N3O4/c1-11(2)10-16-15(19)12-3-4-13(14(9-12)18(20)21)17-5-7-22-8-6-17/h3-4,9,11H,5-8,10H2,1-2H3,(H,16,19). The molecular weight excluding hydrogens is 286 g/mol. The lowest BCUT2D eigenvalue weighted by Crippen LogP contribution is -2.36. The van der Waals surface area contributed by atoms with E-state index in [1.54, 1.807) is 12.1 Å². The van der Waals surface area contributed by atoms with E-state index in [0.717, 1.165) is 0 Å². The average Bonchev–Trinajstić information content (AvgIpc) is 2.52. The summed E-state index contributed by atoms with van der Waals surface area (Å²) in [5, 5.41) is 14.1. The number of ether oxygens (including phenoxy) is 1. The molecule has 0 radical (unpaired) electrons. The third-order valence-electron chi connectivity index (χ3n) is 3.46. The first-order chi connectivity index (χ1) is 10.5. The Hall–Kier alpha value is -2.15. The molecule has 0 unspecified atom stereocenters. The van der Waals surface area contributed by atoms with Crippen molar-refractivity contribution in [1.82, 2.24) is 5.32 Å². The summed E-state index contributed by atoms with van der Waals surface area (Å²) < 4.78 is 5.26. The first-order valence-electron chi connectivity index (χ1n) is 7.38. The number of morpholine rings is 1. The van der Waals surface area contributed by atoms with E-state index in [0.29, 0.717) is 50.0 Å². The maximum Gasteiger partial charge on any atom is 0.293 e. The molecule has 22 heavy (non-hydrogen) atoms. The van der Waals surface area contributed by atoms with Gasteiger partial charge in [-0.25, -0.2) is 0 Å². The molecule has 0 aromatic heterocycles. The lowest BCUT2D eigenvalue weighted by molar-refractivity contribution is -0.384. The number of rotatable bonds is 5. The largest absolute Gasteiger partial charge is 0.378 e. The molecule has 1 amide bonds. The minimum atomic E-state index is -0.440. The van der Waals surface area contributed by atoms with E-state index in [-0.39, 0.29) is 11.6 Å². The summed E-state index contributed by atoms with van der Waals surface area (Å²) in [7, 11) is 0. The molecule has 1 saturated heterocycles. The molecular formula is C15H21N3O4. The van der Waals surface area contributed by atoms with Crippen molar-refractivity contribution in [2.75, 3.05) is 37.7 Å². The normalized spacial score (nSPS) is 15.0. The third-order valence-corrected chi connectivity index (χ3v) is 3.46. The van der Waals surface area contributed by atoms with Crippen LogP contribution in [-0.2, 0) is 4.74 Å². The summed E-state index contributed by atoms with van der Waals surface area (Å²) in [6.45, 7) is 6.84. The molecule has 2 rings (SSSR count). The second-order valence-electron chi connectivity index (χ2n) is 5.66. The number of hydrogen-bond acceptors (Lipinski definition) is 5. The quantitative estimate of drug-likeness (QED) is 0.662. The topological polar surface area (TPSA) is 84.7 Å². The fraction of sp³-hybridized carbons (Fsp3) is 0.533. The van der Waals surface area contributed by atoms with Crippen molar-refractivity contribution < 1.29 is 14.5 Å². The Morgan fingerprint density at radius 2 is 2.09 bits per heavy atom. The van der Waals surface area contributed by atoms with Crippen LogP contribution in [-0.4, -0.2) is 43.7 Å². The number of carbonyl (C=O) groups is 1. The molecule has 1 fully saturated rings. The Bertz CT molecular complexity index is 554. The number of nitro benzene ring substituents is 1. The monoisotopic (exact) mass is 307 g/mol. The van der Waals surface area contributed by atoms with Gasteiger partial charge in [0.2, 0.25) is 0 Å². The van der Waals surface area contributed by atoms with Crippen LogP contribution in [0.25, 0.3) is 0 Å². The van der Waals surface area contributed by atoms with Crippen LogP contribution in [0.2, 0.25) is 0 Å². The maximum atomic E-state index is 12.0. The van der Waals surface area contributed by atoms with Crippen LogP contribution in [0.1, 0.15) is 24.2 Å². The van der Waals surface area contributed by atoms with Crippen LogP contribution in [0.15, 0.2) is 18.2 Å². The van der Waals surface area contributed by atoms with Crippen molar-refractivity contribution >= 4 is 17.3 Å². The summed E-state index contributed by atoms with van der Waals surface area (Å²) in [5.41, 5.74) is 0.803. The fourth-order valence-electron chi connectivity index (χ4n) is 2.28. The van der Waals surface area contributed by atoms with Gasteiger partial charge in [-0.1, -0.05) is 13.8 Å². The Morgan fingerprint density at radius 1 is 1.41 bits per heavy atom. The minimum absolute atomic E-state index is 0.0425. The number of benzene rings is 1. The molecule has 1 N–H and O–H groups in total. The highest BCUT2D eigenvalue weighted by molar-refractivity contribution is 5.95. The maximum absolute atomic E-state index is 12.0. The van der Waals surface area contributed by atoms with Crippen molar-refractivity contribution in [1.29, 1.82) is 0 Å². The van der Waals surface area contributed by atoms with E-state index in [4.69, 9.17) is 4.74 Å². The second kappa shape index (κ2) is 7.22. The molecule has 1 aliphatic rings. The van der Waals surface area contributed by atoms with Crippen LogP contribution in [0.4, 0.5) is 11.4 Å². The first-order valence-corrected chi connectivity index (χ1v) is 7.38. The van der Waals surface area contributed by atoms with Crippen LogP contribution >= 0.6 is 0 Å². The number of hydrogen-bond donors (Lipinski definition) is 1. The van der Waals surface area contributed by atoms with Crippen LogP contribution in [0.5, 0.6) is 0 Å². The minimum Gasteiger partial charge on any atom is -0.378 e. The number of nitro groups is 1. The molecule has 0 atom stereocenters. The molecule has 0 bridgehead atoms. The van der Waals surface area contributed by atoms with Crippen molar-refractivity contribution in [3.63, 3.8) is 0 Å². The zero-order valence-electron chi connectivity index (χ0n) is 12.9. The third kappa shape index (κ3) is 3.94. The number of nitrogens with zero attached hydrogens (tertiary/aromatic N) is 2. The molecule has 120 valence electrons. The number of anilines is 1. The number of amides is 1. The van der Waals surface area contributed by atoms with E-state index in [2.05, 4.69) is 5.32 Å².